The van der Waals surface area contributed by atoms with Crippen molar-refractivity contribution in [2.24, 2.45) is 0 Å². The van der Waals surface area contributed by atoms with E-state index in [9.17, 15) is 4.39 Å². The molecule has 1 aliphatic heterocycles. The van der Waals surface area contributed by atoms with Crippen molar-refractivity contribution in [3.63, 3.8) is 0 Å². The summed E-state index contributed by atoms with van der Waals surface area (Å²) in [6.07, 6.45) is 0. The second kappa shape index (κ2) is 5.26. The number of hydrogen-bond donors (Lipinski definition) is 1. The van der Waals surface area contributed by atoms with Gasteiger partial charge in [0.05, 0.1) is 11.6 Å². The maximum atomic E-state index is 13.0. The highest BCUT2D eigenvalue weighted by Gasteiger charge is 2.18. The van der Waals surface area contributed by atoms with Gasteiger partial charge < -0.3 is 5.32 Å². The zero-order valence-electron chi connectivity index (χ0n) is 9.91. The topological polar surface area (TPSA) is 39.1 Å². The molecular formula is C13H16FN3. The van der Waals surface area contributed by atoms with Crippen molar-refractivity contribution in [1.29, 1.82) is 5.26 Å². The minimum Gasteiger partial charge on any atom is -0.314 e. The second-order valence-electron chi connectivity index (χ2n) is 4.44. The molecule has 1 atom stereocenters. The predicted molar refractivity (Wildman–Crippen MR) is 63.9 cm³/mol. The van der Waals surface area contributed by atoms with Crippen LogP contribution in [0.4, 0.5) is 4.39 Å². The Kier molecular flexibility index (Phi) is 3.72. The summed E-state index contributed by atoms with van der Waals surface area (Å²) >= 11 is 0. The SMILES string of the molecule is C[C@@H]1CNCCN1Cc1ccc(F)cc1C#N. The summed E-state index contributed by atoms with van der Waals surface area (Å²) in [5.74, 6) is -0.348. The number of piperazine rings is 1. The lowest BCUT2D eigenvalue weighted by molar-refractivity contribution is 0.165. The van der Waals surface area contributed by atoms with Gasteiger partial charge >= 0.3 is 0 Å². The summed E-state index contributed by atoms with van der Waals surface area (Å²) in [6.45, 7) is 5.76. The minimum absolute atomic E-state index is 0.348. The molecule has 90 valence electrons. The number of nitrogens with one attached hydrogen (secondary N) is 1. The maximum absolute atomic E-state index is 13.0. The van der Waals surface area contributed by atoms with Gasteiger partial charge in [-0.15, -0.1) is 0 Å². The van der Waals surface area contributed by atoms with Crippen molar-refractivity contribution >= 4 is 0 Å². The van der Waals surface area contributed by atoms with E-state index >= 15 is 0 Å². The summed E-state index contributed by atoms with van der Waals surface area (Å²) in [6, 6.07) is 6.94. The monoisotopic (exact) mass is 233 g/mol. The fourth-order valence-corrected chi connectivity index (χ4v) is 2.13. The Bertz CT molecular complexity index is 439. The molecule has 1 aromatic rings. The van der Waals surface area contributed by atoms with Gasteiger partial charge in [0.1, 0.15) is 5.82 Å². The molecule has 0 aromatic heterocycles. The molecule has 1 aliphatic rings. The van der Waals surface area contributed by atoms with Gasteiger partial charge in [-0.25, -0.2) is 4.39 Å². The van der Waals surface area contributed by atoms with Gasteiger partial charge in [-0.2, -0.15) is 5.26 Å². The smallest absolute Gasteiger partial charge is 0.124 e. The first-order valence-corrected chi connectivity index (χ1v) is 5.84. The van der Waals surface area contributed by atoms with Crippen molar-refractivity contribution in [1.82, 2.24) is 10.2 Å². The van der Waals surface area contributed by atoms with Gasteiger partial charge in [0.25, 0.3) is 0 Å². The molecule has 0 radical (unpaired) electrons. The quantitative estimate of drug-likeness (QED) is 0.841. The highest BCUT2D eigenvalue weighted by molar-refractivity contribution is 5.37. The van der Waals surface area contributed by atoms with Gasteiger partial charge in [-0.05, 0) is 24.6 Å². The standard InChI is InChI=1S/C13H16FN3/c1-10-8-16-4-5-17(10)9-11-2-3-13(14)6-12(11)7-15/h2-3,6,10,16H,4-5,8-9H2,1H3/t10-/m1/s1. The highest BCUT2D eigenvalue weighted by Crippen LogP contribution is 2.15. The lowest BCUT2D eigenvalue weighted by Gasteiger charge is -2.34. The number of nitriles is 1. The van der Waals surface area contributed by atoms with Gasteiger partial charge in [-0.1, -0.05) is 6.07 Å². The zero-order valence-corrected chi connectivity index (χ0v) is 9.91. The van der Waals surface area contributed by atoms with Crippen LogP contribution in [0, 0.1) is 17.1 Å². The fraction of sp³-hybridized carbons (Fsp3) is 0.462. The van der Waals surface area contributed by atoms with E-state index in [0.29, 0.717) is 18.2 Å². The molecule has 4 heteroatoms. The van der Waals surface area contributed by atoms with Gasteiger partial charge in [0.2, 0.25) is 0 Å². The lowest BCUT2D eigenvalue weighted by Crippen LogP contribution is -2.49. The fourth-order valence-electron chi connectivity index (χ4n) is 2.13. The van der Waals surface area contributed by atoms with Crippen molar-refractivity contribution < 1.29 is 4.39 Å². The normalized spacial score (nSPS) is 21.1. The number of nitrogens with zero attached hydrogens (tertiary/aromatic N) is 2. The molecule has 17 heavy (non-hydrogen) atoms. The Morgan fingerprint density at radius 1 is 1.59 bits per heavy atom. The van der Waals surface area contributed by atoms with E-state index in [-0.39, 0.29) is 5.82 Å². The number of halogens is 1. The van der Waals surface area contributed by atoms with Gasteiger partial charge in [0.15, 0.2) is 0 Å². The third kappa shape index (κ3) is 2.82. The van der Waals surface area contributed by atoms with E-state index in [1.54, 1.807) is 6.07 Å². The molecule has 0 bridgehead atoms. The Hall–Kier alpha value is -1.44. The van der Waals surface area contributed by atoms with E-state index in [4.69, 9.17) is 5.26 Å². The van der Waals surface area contributed by atoms with Crippen LogP contribution >= 0.6 is 0 Å². The summed E-state index contributed by atoms with van der Waals surface area (Å²) in [7, 11) is 0. The van der Waals surface area contributed by atoms with Crippen molar-refractivity contribution in [3.8, 4) is 6.07 Å². The number of hydrogen-bond acceptors (Lipinski definition) is 3. The van der Waals surface area contributed by atoms with E-state index in [2.05, 4.69) is 23.2 Å². The third-order valence-corrected chi connectivity index (χ3v) is 3.20. The first-order valence-electron chi connectivity index (χ1n) is 5.84. The Labute approximate surface area is 101 Å². The Balaban J connectivity index is 2.15. The van der Waals surface area contributed by atoms with Crippen LogP contribution in [-0.2, 0) is 6.54 Å². The Morgan fingerprint density at radius 3 is 3.12 bits per heavy atom. The van der Waals surface area contributed by atoms with Crippen molar-refractivity contribution in [2.75, 3.05) is 19.6 Å². The summed E-state index contributed by atoms with van der Waals surface area (Å²) in [4.78, 5) is 2.31. The van der Waals surface area contributed by atoms with Crippen molar-refractivity contribution in [3.05, 3.63) is 35.1 Å². The minimum atomic E-state index is -0.348. The first kappa shape index (κ1) is 12.0. The van der Waals surface area contributed by atoms with Crippen LogP contribution in [0.5, 0.6) is 0 Å². The molecule has 0 spiro atoms. The molecule has 1 heterocycles. The molecule has 0 aliphatic carbocycles. The average Bonchev–Trinajstić information content (AvgIpc) is 2.34. The average molecular weight is 233 g/mol. The van der Waals surface area contributed by atoms with E-state index in [1.165, 1.54) is 12.1 Å². The molecule has 1 N–H and O–H groups in total. The molecule has 0 amide bonds. The van der Waals surface area contributed by atoms with Crippen LogP contribution in [0.25, 0.3) is 0 Å². The van der Waals surface area contributed by atoms with Crippen LogP contribution in [0.1, 0.15) is 18.1 Å². The largest absolute Gasteiger partial charge is 0.314 e. The number of benzene rings is 1. The van der Waals surface area contributed by atoms with Crippen LogP contribution in [0.3, 0.4) is 0 Å². The molecule has 0 saturated carbocycles. The summed E-state index contributed by atoms with van der Waals surface area (Å²) in [5.41, 5.74) is 1.35. The molecule has 2 rings (SSSR count). The van der Waals surface area contributed by atoms with Crippen LogP contribution in [0.15, 0.2) is 18.2 Å². The molecule has 0 unspecified atom stereocenters. The van der Waals surface area contributed by atoms with E-state index < -0.39 is 0 Å². The highest BCUT2D eigenvalue weighted by atomic mass is 19.1. The lowest BCUT2D eigenvalue weighted by atomic mass is 10.1. The summed E-state index contributed by atoms with van der Waals surface area (Å²) < 4.78 is 13.0. The van der Waals surface area contributed by atoms with Crippen LogP contribution in [0.2, 0.25) is 0 Å². The first-order chi connectivity index (χ1) is 8.20. The van der Waals surface area contributed by atoms with Gasteiger partial charge in [0, 0.05) is 32.2 Å². The maximum Gasteiger partial charge on any atom is 0.124 e. The van der Waals surface area contributed by atoms with Gasteiger partial charge in [-0.3, -0.25) is 4.90 Å². The molecule has 1 fully saturated rings. The second-order valence-corrected chi connectivity index (χ2v) is 4.44. The molecule has 3 nitrogen and oxygen atoms in total. The van der Waals surface area contributed by atoms with Crippen molar-refractivity contribution in [2.45, 2.75) is 19.5 Å². The van der Waals surface area contributed by atoms with E-state index in [0.717, 1.165) is 25.2 Å². The Morgan fingerprint density at radius 2 is 2.41 bits per heavy atom. The van der Waals surface area contributed by atoms with Crippen LogP contribution < -0.4 is 5.32 Å². The predicted octanol–water partition coefficient (Wildman–Crippen LogP) is 1.49. The molecule has 1 aromatic carbocycles. The van der Waals surface area contributed by atoms with E-state index in [1.807, 2.05) is 0 Å². The van der Waals surface area contributed by atoms with Crippen LogP contribution in [-0.4, -0.2) is 30.6 Å². The molecular weight excluding hydrogens is 217 g/mol. The summed E-state index contributed by atoms with van der Waals surface area (Å²) in [5, 5.41) is 12.3. The molecule has 1 saturated heterocycles. The third-order valence-electron chi connectivity index (χ3n) is 3.20. The zero-order chi connectivity index (χ0) is 12.3. The number of rotatable bonds is 2.